The third-order valence-corrected chi connectivity index (χ3v) is 7.76. The van der Waals surface area contributed by atoms with Crippen molar-refractivity contribution in [3.8, 4) is 11.5 Å². The number of carbonyl (C=O) groups excluding carboxylic acids is 2. The van der Waals surface area contributed by atoms with E-state index < -0.39 is 12.0 Å². The number of thioether (sulfide) groups is 1. The number of halogens is 1. The molecular weight excluding hydrogens is 557 g/mol. The van der Waals surface area contributed by atoms with Crippen LogP contribution in [0.15, 0.2) is 100 Å². The first-order valence-corrected chi connectivity index (χ1v) is 14.1. The summed E-state index contributed by atoms with van der Waals surface area (Å²) in [4.78, 5) is 33.4. The lowest BCUT2D eigenvalue weighted by Crippen LogP contribution is -2.38. The molecule has 0 unspecified atom stereocenters. The van der Waals surface area contributed by atoms with Gasteiger partial charge >= 0.3 is 5.97 Å². The molecule has 0 saturated heterocycles. The summed E-state index contributed by atoms with van der Waals surface area (Å²) in [6, 6.07) is 20.2. The molecule has 3 aromatic rings. The molecule has 42 heavy (non-hydrogen) atoms. The van der Waals surface area contributed by atoms with Crippen molar-refractivity contribution in [2.24, 2.45) is 4.99 Å². The van der Waals surface area contributed by atoms with Crippen LogP contribution in [-0.2, 0) is 27.5 Å². The normalized spacial score (nSPS) is 15.9. The Kier molecular flexibility index (Phi) is 8.92. The van der Waals surface area contributed by atoms with E-state index in [0.717, 1.165) is 11.1 Å². The van der Waals surface area contributed by atoms with Crippen molar-refractivity contribution >= 4 is 28.8 Å². The predicted octanol–water partition coefficient (Wildman–Crippen LogP) is 5.87. The summed E-state index contributed by atoms with van der Waals surface area (Å²) >= 11 is 1.38. The Morgan fingerprint density at radius 3 is 2.33 bits per heavy atom. The number of aliphatic imine (C=N–C) groups is 1. The SMILES string of the molecule is COc1cc(OC)cc([C@H]2C(C(=O)OCc3ccccc3)=C(C)N=C3SC=C(CC(=O)NCc4ccc(F)cc4)N32)c1. The number of methoxy groups -OCH3 is 2. The number of hydrogen-bond acceptors (Lipinski definition) is 8. The lowest BCUT2D eigenvalue weighted by atomic mass is 9.93. The van der Waals surface area contributed by atoms with Crippen LogP contribution >= 0.6 is 11.8 Å². The van der Waals surface area contributed by atoms with E-state index in [2.05, 4.69) is 5.32 Å². The zero-order chi connectivity index (χ0) is 29.6. The molecule has 216 valence electrons. The Labute approximate surface area is 247 Å². The number of fused-ring (bicyclic) bond motifs is 1. The number of amides is 1. The first kappa shape index (κ1) is 28.9. The molecule has 2 heterocycles. The molecule has 0 spiro atoms. The number of benzene rings is 3. The van der Waals surface area contributed by atoms with Crippen molar-refractivity contribution in [2.75, 3.05) is 14.2 Å². The Balaban J connectivity index is 1.44. The smallest absolute Gasteiger partial charge is 0.338 e. The van der Waals surface area contributed by atoms with Crippen molar-refractivity contribution in [2.45, 2.75) is 32.5 Å². The standard InChI is InChI=1S/C32H30FN3O5S/c1-20-29(31(38)41-18-22-7-5-4-6-8-22)30(23-13-26(39-2)16-27(14-23)40-3)36-25(19-42-32(36)35-20)15-28(37)34-17-21-9-11-24(33)12-10-21/h4-14,16,19,30H,15,17-18H2,1-3H3,(H,34,37)/t30-/m0/s1. The lowest BCUT2D eigenvalue weighted by Gasteiger charge is -2.36. The minimum atomic E-state index is -0.657. The van der Waals surface area contributed by atoms with Gasteiger partial charge in [0, 0.05) is 18.3 Å². The molecule has 10 heteroatoms. The minimum absolute atomic E-state index is 0.0379. The van der Waals surface area contributed by atoms with Gasteiger partial charge in [0.05, 0.1) is 38.0 Å². The number of ether oxygens (including phenoxy) is 3. The first-order chi connectivity index (χ1) is 20.4. The first-order valence-electron chi connectivity index (χ1n) is 13.3. The molecule has 0 aliphatic carbocycles. The highest BCUT2D eigenvalue weighted by Crippen LogP contribution is 2.46. The van der Waals surface area contributed by atoms with Crippen LogP contribution in [0, 0.1) is 5.82 Å². The van der Waals surface area contributed by atoms with Crippen molar-refractivity contribution in [3.63, 3.8) is 0 Å². The summed E-state index contributed by atoms with van der Waals surface area (Å²) in [7, 11) is 3.12. The third-order valence-electron chi connectivity index (χ3n) is 6.87. The Hall–Kier alpha value is -4.57. The van der Waals surface area contributed by atoms with E-state index in [4.69, 9.17) is 19.2 Å². The van der Waals surface area contributed by atoms with Gasteiger partial charge in [-0.1, -0.05) is 54.2 Å². The van der Waals surface area contributed by atoms with Crippen LogP contribution in [0.3, 0.4) is 0 Å². The summed E-state index contributed by atoms with van der Waals surface area (Å²) in [6.07, 6.45) is 0.0379. The Morgan fingerprint density at radius 1 is 0.976 bits per heavy atom. The molecule has 8 nitrogen and oxygen atoms in total. The zero-order valence-electron chi connectivity index (χ0n) is 23.4. The van der Waals surface area contributed by atoms with Crippen LogP contribution in [-0.4, -0.2) is 36.2 Å². The van der Waals surface area contributed by atoms with E-state index in [1.165, 1.54) is 23.9 Å². The minimum Gasteiger partial charge on any atom is -0.497 e. The maximum absolute atomic E-state index is 13.7. The number of allylic oxidation sites excluding steroid dienone is 1. The Bertz CT molecular complexity index is 1550. The van der Waals surface area contributed by atoms with Crippen molar-refractivity contribution < 1.29 is 28.2 Å². The maximum Gasteiger partial charge on any atom is 0.338 e. The quantitative estimate of drug-likeness (QED) is 0.297. The van der Waals surface area contributed by atoms with Crippen molar-refractivity contribution in [1.29, 1.82) is 0 Å². The van der Waals surface area contributed by atoms with E-state index >= 15 is 0 Å². The fourth-order valence-corrected chi connectivity index (χ4v) is 5.73. The highest BCUT2D eigenvalue weighted by Gasteiger charge is 2.41. The van der Waals surface area contributed by atoms with E-state index in [1.807, 2.05) is 52.8 Å². The van der Waals surface area contributed by atoms with Gasteiger partial charge in [-0.05, 0) is 53.3 Å². The summed E-state index contributed by atoms with van der Waals surface area (Å²) < 4.78 is 30.1. The van der Waals surface area contributed by atoms with Gasteiger partial charge in [0.2, 0.25) is 5.91 Å². The molecule has 0 aromatic heterocycles. The van der Waals surface area contributed by atoms with E-state index in [1.54, 1.807) is 39.3 Å². The molecule has 0 fully saturated rings. The van der Waals surface area contributed by atoms with Crippen LogP contribution in [0.25, 0.3) is 0 Å². The molecule has 1 N–H and O–H groups in total. The monoisotopic (exact) mass is 587 g/mol. The molecule has 3 aromatic carbocycles. The number of rotatable bonds is 10. The van der Waals surface area contributed by atoms with Gasteiger partial charge in [-0.2, -0.15) is 0 Å². The topological polar surface area (TPSA) is 89.5 Å². The van der Waals surface area contributed by atoms with E-state index in [9.17, 15) is 14.0 Å². The predicted molar refractivity (Wildman–Crippen MR) is 159 cm³/mol. The van der Waals surface area contributed by atoms with Crippen LogP contribution in [0.4, 0.5) is 4.39 Å². The zero-order valence-corrected chi connectivity index (χ0v) is 24.2. The number of esters is 1. The van der Waals surface area contributed by atoms with Crippen LogP contribution < -0.4 is 14.8 Å². The molecular formula is C32H30FN3O5S. The molecule has 1 amide bonds. The van der Waals surface area contributed by atoms with Gasteiger partial charge in [-0.25, -0.2) is 14.2 Å². The Morgan fingerprint density at radius 2 is 1.67 bits per heavy atom. The molecule has 0 saturated carbocycles. The second kappa shape index (κ2) is 12.9. The summed E-state index contributed by atoms with van der Waals surface area (Å²) in [6.45, 7) is 2.14. The van der Waals surface area contributed by atoms with Crippen LogP contribution in [0.2, 0.25) is 0 Å². The number of nitrogens with one attached hydrogen (secondary N) is 1. The second-order valence-corrected chi connectivity index (χ2v) is 10.5. The lowest BCUT2D eigenvalue weighted by molar-refractivity contribution is -0.141. The van der Waals surface area contributed by atoms with E-state index in [-0.39, 0.29) is 31.3 Å². The fourth-order valence-electron chi connectivity index (χ4n) is 4.76. The number of carbonyl (C=O) groups is 2. The molecule has 0 radical (unpaired) electrons. The summed E-state index contributed by atoms with van der Waals surface area (Å²) in [5.74, 6) is 0.0311. The highest BCUT2D eigenvalue weighted by molar-refractivity contribution is 8.16. The average molecular weight is 588 g/mol. The highest BCUT2D eigenvalue weighted by atomic mass is 32.2. The molecule has 1 atom stereocenters. The van der Waals surface area contributed by atoms with E-state index in [0.29, 0.717) is 39.2 Å². The number of hydrogen-bond donors (Lipinski definition) is 1. The largest absolute Gasteiger partial charge is 0.497 e. The van der Waals surface area contributed by atoms with Crippen molar-refractivity contribution in [1.82, 2.24) is 10.2 Å². The van der Waals surface area contributed by atoms with Gasteiger partial charge in [0.25, 0.3) is 0 Å². The van der Waals surface area contributed by atoms with Crippen LogP contribution in [0.1, 0.15) is 36.1 Å². The second-order valence-electron chi connectivity index (χ2n) is 9.68. The molecule has 0 bridgehead atoms. The van der Waals surface area contributed by atoms with Gasteiger partial charge < -0.3 is 24.4 Å². The van der Waals surface area contributed by atoms with Gasteiger partial charge in [-0.3, -0.25) is 4.79 Å². The molecule has 5 rings (SSSR count). The summed E-state index contributed by atoms with van der Waals surface area (Å²) in [5, 5.41) is 5.40. The fraction of sp³-hybridized carbons (Fsp3) is 0.219. The number of nitrogens with zero attached hydrogens (tertiary/aromatic N) is 2. The van der Waals surface area contributed by atoms with Crippen molar-refractivity contribution in [3.05, 3.63) is 118 Å². The number of amidine groups is 1. The summed E-state index contributed by atoms with van der Waals surface area (Å²) in [5.41, 5.74) is 3.90. The third kappa shape index (κ3) is 6.49. The van der Waals surface area contributed by atoms with Crippen LogP contribution in [0.5, 0.6) is 11.5 Å². The maximum atomic E-state index is 13.7. The average Bonchev–Trinajstić information content (AvgIpc) is 3.40. The van der Waals surface area contributed by atoms with Gasteiger partial charge in [0.15, 0.2) is 5.17 Å². The molecule has 2 aliphatic heterocycles. The van der Waals surface area contributed by atoms with Gasteiger partial charge in [-0.15, -0.1) is 0 Å². The molecule has 2 aliphatic rings. The van der Waals surface area contributed by atoms with Gasteiger partial charge in [0.1, 0.15) is 23.9 Å².